The fraction of sp³-hybridized carbons (Fsp3) is 0. The number of rotatable bonds is 7. The topological polar surface area (TPSA) is 77.4 Å². The zero-order chi connectivity index (χ0) is 51.7. The number of aromatic nitrogens is 5. The molecule has 0 aliphatic heterocycles. The summed E-state index contributed by atoms with van der Waals surface area (Å²) in [5.74, 6) is 0.498. The summed E-state index contributed by atoms with van der Waals surface area (Å²) in [6.45, 7) is 23.0. The molecule has 0 saturated heterocycles. The molecule has 0 atom stereocenters. The van der Waals surface area contributed by atoms with Crippen LogP contribution in [0.3, 0.4) is 0 Å². The summed E-state index contributed by atoms with van der Waals surface area (Å²) in [7, 11) is 0. The summed E-state index contributed by atoms with van der Waals surface area (Å²) in [6.07, 6.45) is 0. The van der Waals surface area contributed by atoms with Crippen molar-refractivity contribution in [1.82, 2.24) is 23.7 Å². The van der Waals surface area contributed by atoms with Crippen molar-refractivity contribution in [2.45, 2.75) is 0 Å². The Balaban J connectivity index is 0.891. The second-order valence-corrected chi connectivity index (χ2v) is 19.0. The second kappa shape index (κ2) is 17.7. The molecule has 10 aromatic carbocycles. The Bertz CT molecular complexity index is 4700. The first-order chi connectivity index (χ1) is 37.9. The van der Waals surface area contributed by atoms with Gasteiger partial charge < -0.3 is 13.7 Å². The molecule has 0 bridgehead atoms. The fourth-order valence-corrected chi connectivity index (χ4v) is 11.1. The summed E-state index contributed by atoms with van der Waals surface area (Å²) in [4.78, 5) is 21.0. The fourth-order valence-electron chi connectivity index (χ4n) is 11.1. The van der Waals surface area contributed by atoms with Crippen LogP contribution in [0.5, 0.6) is 0 Å². The molecule has 14 aromatic rings. The molecule has 9 heteroatoms. The monoisotopic (exact) mass is 979 g/mol. The van der Waals surface area contributed by atoms with Crippen LogP contribution in [-0.4, -0.2) is 23.7 Å². The molecule has 0 aliphatic rings. The zero-order valence-electron chi connectivity index (χ0n) is 40.9. The van der Waals surface area contributed by atoms with E-state index in [0.717, 1.165) is 116 Å². The van der Waals surface area contributed by atoms with Crippen molar-refractivity contribution in [3.8, 4) is 68.2 Å². The molecule has 14 rings (SSSR count). The van der Waals surface area contributed by atoms with Crippen molar-refractivity contribution in [2.24, 2.45) is 0 Å². The summed E-state index contributed by atoms with van der Waals surface area (Å²) >= 11 is 0. The Morgan fingerprint density at radius 2 is 0.753 bits per heavy atom. The first-order valence-corrected chi connectivity index (χ1v) is 24.9. The second-order valence-electron chi connectivity index (χ2n) is 19.0. The van der Waals surface area contributed by atoms with Gasteiger partial charge in [0, 0.05) is 55.1 Å². The van der Waals surface area contributed by atoms with E-state index in [9.17, 15) is 5.26 Å². The Morgan fingerprint density at radius 1 is 0.325 bits per heavy atom. The normalized spacial score (nSPS) is 11.3. The molecule has 0 spiro atoms. The van der Waals surface area contributed by atoms with Crippen LogP contribution in [0.25, 0.3) is 142 Å². The van der Waals surface area contributed by atoms with E-state index in [0.29, 0.717) is 34.1 Å². The Kier molecular flexibility index (Phi) is 10.2. The van der Waals surface area contributed by atoms with Gasteiger partial charge in [0.2, 0.25) is 0 Å². The molecule has 0 saturated carbocycles. The average molecular weight is 980 g/mol. The molecule has 0 unspecified atom stereocenters. The minimum Gasteiger partial charge on any atom is -0.309 e. The van der Waals surface area contributed by atoms with E-state index >= 15 is 0 Å². The zero-order valence-corrected chi connectivity index (χ0v) is 40.9. The van der Waals surface area contributed by atoms with Gasteiger partial charge in [0.15, 0.2) is 22.9 Å². The highest BCUT2D eigenvalue weighted by atomic mass is 15.0. The summed E-state index contributed by atoms with van der Waals surface area (Å²) in [5.41, 5.74) is 17.6. The van der Waals surface area contributed by atoms with E-state index in [4.69, 9.17) is 29.7 Å². The van der Waals surface area contributed by atoms with E-state index in [1.165, 1.54) is 0 Å². The molecule has 0 amide bonds. The van der Waals surface area contributed by atoms with Gasteiger partial charge in [-0.05, 0) is 131 Å². The van der Waals surface area contributed by atoms with Crippen molar-refractivity contribution in [2.75, 3.05) is 0 Å². The predicted molar refractivity (Wildman–Crippen MR) is 310 cm³/mol. The maximum absolute atomic E-state index is 9.87. The van der Waals surface area contributed by atoms with Crippen molar-refractivity contribution in [1.29, 1.82) is 5.26 Å². The number of hydrogen-bond donors (Lipinski definition) is 0. The van der Waals surface area contributed by atoms with Crippen LogP contribution in [0.4, 0.5) is 17.1 Å². The average Bonchev–Trinajstić information content (AvgIpc) is 4.15. The standard InChI is InChI=1S/C68H37N9/c1-70-48-12-8-10-46(35-48)61-40-60(73-68(74-61)47-11-9-13-49(36-47)71-2)45-21-19-43(20-22-45)44-23-26-51(27-24-44)75-66-32-28-52(76-62-16-6-4-14-54(62)56-34-42(41-69)18-30-64(56)76)38-58(66)59-39-53(29-33-67(59)75)77-63-17-7-5-15-55(63)57-37-50(72-3)25-31-65(57)77/h4-40H. The smallest absolute Gasteiger partial charge is 0.188 e. The van der Waals surface area contributed by atoms with Crippen molar-refractivity contribution in [3.63, 3.8) is 0 Å². The third-order valence-corrected chi connectivity index (χ3v) is 14.7. The summed E-state index contributed by atoms with van der Waals surface area (Å²) in [5, 5.41) is 16.3. The van der Waals surface area contributed by atoms with Crippen LogP contribution < -0.4 is 0 Å². The highest BCUT2D eigenvalue weighted by Crippen LogP contribution is 2.41. The van der Waals surface area contributed by atoms with E-state index in [-0.39, 0.29) is 0 Å². The molecule has 77 heavy (non-hydrogen) atoms. The molecular weight excluding hydrogens is 943 g/mol. The van der Waals surface area contributed by atoms with Gasteiger partial charge in [-0.25, -0.2) is 24.5 Å². The van der Waals surface area contributed by atoms with Crippen LogP contribution >= 0.6 is 0 Å². The largest absolute Gasteiger partial charge is 0.309 e. The van der Waals surface area contributed by atoms with Crippen LogP contribution in [0.2, 0.25) is 0 Å². The van der Waals surface area contributed by atoms with Crippen LogP contribution in [0.1, 0.15) is 5.56 Å². The molecule has 0 aliphatic carbocycles. The molecule has 9 nitrogen and oxygen atoms in total. The van der Waals surface area contributed by atoms with Gasteiger partial charge in [-0.15, -0.1) is 0 Å². The van der Waals surface area contributed by atoms with Crippen LogP contribution in [-0.2, 0) is 0 Å². The van der Waals surface area contributed by atoms with Crippen molar-refractivity contribution in [3.05, 3.63) is 264 Å². The number of nitriles is 1. The summed E-state index contributed by atoms with van der Waals surface area (Å²) in [6, 6.07) is 78.2. The Hall–Kier alpha value is -11.4. The molecular formula is C68H37N9. The number of benzene rings is 10. The minimum absolute atomic E-state index is 0.498. The van der Waals surface area contributed by atoms with Gasteiger partial charge in [-0.3, -0.25) is 0 Å². The number of hydrogen-bond acceptors (Lipinski definition) is 3. The van der Waals surface area contributed by atoms with Crippen molar-refractivity contribution >= 4 is 82.5 Å². The lowest BCUT2D eigenvalue weighted by atomic mass is 10.0. The maximum atomic E-state index is 9.87. The minimum atomic E-state index is 0.498. The first kappa shape index (κ1) is 44.3. The highest BCUT2D eigenvalue weighted by molar-refractivity contribution is 6.14. The Morgan fingerprint density at radius 3 is 1.34 bits per heavy atom. The predicted octanol–water partition coefficient (Wildman–Crippen LogP) is 18.0. The van der Waals surface area contributed by atoms with E-state index in [2.05, 4.69) is 174 Å². The number of para-hydroxylation sites is 2. The van der Waals surface area contributed by atoms with E-state index < -0.39 is 0 Å². The quantitative estimate of drug-likeness (QED) is 0.149. The molecule has 4 heterocycles. The van der Waals surface area contributed by atoms with E-state index in [1.54, 1.807) is 18.2 Å². The maximum Gasteiger partial charge on any atom is 0.188 e. The van der Waals surface area contributed by atoms with Gasteiger partial charge in [0.05, 0.1) is 75.8 Å². The Labute approximate surface area is 441 Å². The van der Waals surface area contributed by atoms with E-state index in [1.807, 2.05) is 66.7 Å². The molecule has 4 aromatic heterocycles. The van der Waals surface area contributed by atoms with Gasteiger partial charge in [0.1, 0.15) is 0 Å². The van der Waals surface area contributed by atoms with Gasteiger partial charge >= 0.3 is 0 Å². The van der Waals surface area contributed by atoms with Crippen LogP contribution in [0.15, 0.2) is 224 Å². The number of nitrogens with zero attached hydrogens (tertiary/aromatic N) is 9. The number of fused-ring (bicyclic) bond motifs is 9. The molecule has 0 radical (unpaired) electrons. The highest BCUT2D eigenvalue weighted by Gasteiger charge is 2.20. The lowest BCUT2D eigenvalue weighted by molar-refractivity contribution is 1.16. The molecule has 0 N–H and O–H groups in total. The lowest BCUT2D eigenvalue weighted by Gasteiger charge is -2.12. The third kappa shape index (κ3) is 7.28. The van der Waals surface area contributed by atoms with Gasteiger partial charge in [0.25, 0.3) is 0 Å². The summed E-state index contributed by atoms with van der Waals surface area (Å²) < 4.78 is 6.95. The SMILES string of the molecule is [C-]#[N+]c1cccc(-c2cc(-c3ccc(-c4ccc(-n5c6ccc(-n7c8ccccc8c8cc(C#N)ccc87)cc6c6cc(-n7c8ccccc8c8cc([N+]#[C-])ccc87)ccc65)cc4)cc3)nc(-c3cccc([N+]#[C-])c3)n2)c1. The lowest BCUT2D eigenvalue weighted by Crippen LogP contribution is -1.96. The van der Waals surface area contributed by atoms with Gasteiger partial charge in [-0.2, -0.15) is 5.26 Å². The molecule has 0 fully saturated rings. The first-order valence-electron chi connectivity index (χ1n) is 24.9. The third-order valence-electron chi connectivity index (χ3n) is 14.7. The molecule has 354 valence electrons. The van der Waals surface area contributed by atoms with Crippen LogP contribution in [0, 0.1) is 31.0 Å². The van der Waals surface area contributed by atoms with Crippen molar-refractivity contribution < 1.29 is 0 Å². The van der Waals surface area contributed by atoms with Gasteiger partial charge in [-0.1, -0.05) is 115 Å².